The zero-order valence-electron chi connectivity index (χ0n) is 10.2. The van der Waals surface area contributed by atoms with Gasteiger partial charge < -0.3 is 5.73 Å². The third-order valence-electron chi connectivity index (χ3n) is 3.02. The lowest BCUT2D eigenvalue weighted by Gasteiger charge is -2.07. The van der Waals surface area contributed by atoms with Crippen LogP contribution in [-0.2, 0) is 6.54 Å². The van der Waals surface area contributed by atoms with Crippen LogP contribution in [-0.4, -0.2) is 19.7 Å². The standard InChI is InChI=1S/C12H17N5/c1-7(2)6-17-12-9(5-14-17)10(13)15-11(16-12)8-3-4-8/h5,7-8H,3-4,6H2,1-2H3,(H2,13,15,16). The Morgan fingerprint density at radius 3 is 2.82 bits per heavy atom. The van der Waals surface area contributed by atoms with Gasteiger partial charge in [-0.1, -0.05) is 13.8 Å². The number of nitrogens with two attached hydrogens (primary N) is 1. The summed E-state index contributed by atoms with van der Waals surface area (Å²) < 4.78 is 1.93. The summed E-state index contributed by atoms with van der Waals surface area (Å²) in [7, 11) is 0. The van der Waals surface area contributed by atoms with Crippen molar-refractivity contribution >= 4 is 16.9 Å². The van der Waals surface area contributed by atoms with E-state index in [0.29, 0.717) is 17.7 Å². The van der Waals surface area contributed by atoms with Crippen LogP contribution in [0.5, 0.6) is 0 Å². The molecule has 90 valence electrons. The van der Waals surface area contributed by atoms with Gasteiger partial charge in [0.1, 0.15) is 11.6 Å². The van der Waals surface area contributed by atoms with Gasteiger partial charge in [0, 0.05) is 12.5 Å². The van der Waals surface area contributed by atoms with Crippen LogP contribution in [0, 0.1) is 5.92 Å². The first kappa shape index (κ1) is 10.5. The van der Waals surface area contributed by atoms with E-state index in [0.717, 1.165) is 23.4 Å². The van der Waals surface area contributed by atoms with Gasteiger partial charge in [-0.25, -0.2) is 14.6 Å². The van der Waals surface area contributed by atoms with Crippen molar-refractivity contribution < 1.29 is 0 Å². The van der Waals surface area contributed by atoms with Crippen LogP contribution in [0.25, 0.3) is 11.0 Å². The minimum absolute atomic E-state index is 0.518. The summed E-state index contributed by atoms with van der Waals surface area (Å²) in [4.78, 5) is 8.99. The highest BCUT2D eigenvalue weighted by atomic mass is 15.3. The van der Waals surface area contributed by atoms with Crippen LogP contribution in [0.4, 0.5) is 5.82 Å². The molecule has 2 heterocycles. The van der Waals surface area contributed by atoms with Crippen LogP contribution in [0.1, 0.15) is 38.4 Å². The predicted octanol–water partition coefficient (Wildman–Crippen LogP) is 1.94. The van der Waals surface area contributed by atoms with E-state index in [-0.39, 0.29) is 0 Å². The molecule has 2 aromatic rings. The molecule has 1 aliphatic carbocycles. The van der Waals surface area contributed by atoms with E-state index in [1.165, 1.54) is 12.8 Å². The molecule has 2 N–H and O–H groups in total. The highest BCUT2D eigenvalue weighted by Crippen LogP contribution is 2.39. The molecular weight excluding hydrogens is 214 g/mol. The first-order valence-corrected chi connectivity index (χ1v) is 6.14. The summed E-state index contributed by atoms with van der Waals surface area (Å²) in [6, 6.07) is 0. The summed E-state index contributed by atoms with van der Waals surface area (Å²) in [6.45, 7) is 5.20. The highest BCUT2D eigenvalue weighted by molar-refractivity contribution is 5.85. The third kappa shape index (κ3) is 1.85. The van der Waals surface area contributed by atoms with E-state index < -0.39 is 0 Å². The molecule has 5 nitrogen and oxygen atoms in total. The Balaban J connectivity index is 2.11. The third-order valence-corrected chi connectivity index (χ3v) is 3.02. The Hall–Kier alpha value is -1.65. The summed E-state index contributed by atoms with van der Waals surface area (Å²) in [5, 5.41) is 5.22. The van der Waals surface area contributed by atoms with Gasteiger partial charge in [-0.3, -0.25) is 0 Å². The molecule has 0 aliphatic heterocycles. The Morgan fingerprint density at radius 1 is 1.41 bits per heavy atom. The van der Waals surface area contributed by atoms with Gasteiger partial charge in [0.15, 0.2) is 5.65 Å². The van der Waals surface area contributed by atoms with Gasteiger partial charge in [0.25, 0.3) is 0 Å². The molecule has 1 saturated carbocycles. The second kappa shape index (κ2) is 3.68. The molecule has 1 aliphatic rings. The highest BCUT2D eigenvalue weighted by Gasteiger charge is 2.28. The number of nitrogens with zero attached hydrogens (tertiary/aromatic N) is 4. The molecule has 1 fully saturated rings. The van der Waals surface area contributed by atoms with E-state index in [1.807, 2.05) is 4.68 Å². The average molecular weight is 231 g/mol. The zero-order valence-corrected chi connectivity index (χ0v) is 10.2. The maximum Gasteiger partial charge on any atom is 0.163 e. The fourth-order valence-electron chi connectivity index (χ4n) is 2.00. The van der Waals surface area contributed by atoms with Crippen molar-refractivity contribution in [2.75, 3.05) is 5.73 Å². The quantitative estimate of drug-likeness (QED) is 0.876. The molecule has 2 aromatic heterocycles. The Kier molecular flexibility index (Phi) is 2.28. The SMILES string of the molecule is CC(C)Cn1ncc2c(N)nc(C3CC3)nc21. The number of aromatic nitrogens is 4. The molecule has 0 aromatic carbocycles. The van der Waals surface area contributed by atoms with Crippen LogP contribution in [0.2, 0.25) is 0 Å². The molecule has 3 rings (SSSR count). The number of rotatable bonds is 3. The molecular formula is C12H17N5. The first-order chi connectivity index (χ1) is 8.15. The van der Waals surface area contributed by atoms with Crippen molar-refractivity contribution in [1.82, 2.24) is 19.7 Å². The first-order valence-electron chi connectivity index (χ1n) is 6.14. The maximum atomic E-state index is 5.96. The van der Waals surface area contributed by atoms with Crippen LogP contribution in [0.3, 0.4) is 0 Å². The number of nitrogen functional groups attached to an aromatic ring is 1. The van der Waals surface area contributed by atoms with Crippen LogP contribution in [0.15, 0.2) is 6.20 Å². The monoisotopic (exact) mass is 231 g/mol. The van der Waals surface area contributed by atoms with Gasteiger partial charge in [-0.2, -0.15) is 5.10 Å². The minimum atomic E-state index is 0.518. The van der Waals surface area contributed by atoms with Crippen molar-refractivity contribution in [2.45, 2.75) is 39.2 Å². The van der Waals surface area contributed by atoms with Crippen molar-refractivity contribution in [1.29, 1.82) is 0 Å². The molecule has 0 amide bonds. The lowest BCUT2D eigenvalue weighted by Crippen LogP contribution is -2.08. The lowest BCUT2D eigenvalue weighted by molar-refractivity contribution is 0.492. The fraction of sp³-hybridized carbons (Fsp3) is 0.583. The van der Waals surface area contributed by atoms with E-state index in [9.17, 15) is 0 Å². The average Bonchev–Trinajstić information content (AvgIpc) is 3.03. The normalized spacial score (nSPS) is 15.9. The maximum absolute atomic E-state index is 5.96. The van der Waals surface area contributed by atoms with Gasteiger partial charge in [-0.15, -0.1) is 0 Å². The predicted molar refractivity (Wildman–Crippen MR) is 66.5 cm³/mol. The van der Waals surface area contributed by atoms with Crippen molar-refractivity contribution in [3.63, 3.8) is 0 Å². The second-order valence-corrected chi connectivity index (χ2v) is 5.20. The summed E-state index contributed by atoms with van der Waals surface area (Å²) in [5.41, 5.74) is 6.84. The Bertz CT molecular complexity index is 553. The number of fused-ring (bicyclic) bond motifs is 1. The molecule has 0 bridgehead atoms. The smallest absolute Gasteiger partial charge is 0.163 e. The molecule has 5 heteroatoms. The fourth-order valence-corrected chi connectivity index (χ4v) is 2.00. The van der Waals surface area contributed by atoms with Crippen molar-refractivity contribution in [3.8, 4) is 0 Å². The summed E-state index contributed by atoms with van der Waals surface area (Å²) in [6.07, 6.45) is 4.14. The molecule has 0 spiro atoms. The van der Waals surface area contributed by atoms with E-state index in [1.54, 1.807) is 6.20 Å². The Morgan fingerprint density at radius 2 is 2.18 bits per heavy atom. The molecule has 0 saturated heterocycles. The largest absolute Gasteiger partial charge is 0.383 e. The summed E-state index contributed by atoms with van der Waals surface area (Å²) >= 11 is 0. The van der Waals surface area contributed by atoms with Crippen LogP contribution >= 0.6 is 0 Å². The van der Waals surface area contributed by atoms with Gasteiger partial charge in [0.2, 0.25) is 0 Å². The van der Waals surface area contributed by atoms with Gasteiger partial charge in [0.05, 0.1) is 11.6 Å². The van der Waals surface area contributed by atoms with Crippen molar-refractivity contribution in [3.05, 3.63) is 12.0 Å². The van der Waals surface area contributed by atoms with Crippen LogP contribution < -0.4 is 5.73 Å². The minimum Gasteiger partial charge on any atom is -0.383 e. The van der Waals surface area contributed by atoms with Gasteiger partial charge >= 0.3 is 0 Å². The van der Waals surface area contributed by atoms with E-state index in [2.05, 4.69) is 28.9 Å². The Labute approximate surface area is 100 Å². The topological polar surface area (TPSA) is 69.6 Å². The number of anilines is 1. The molecule has 0 atom stereocenters. The van der Waals surface area contributed by atoms with E-state index in [4.69, 9.17) is 5.73 Å². The van der Waals surface area contributed by atoms with Gasteiger partial charge in [-0.05, 0) is 18.8 Å². The lowest BCUT2D eigenvalue weighted by atomic mass is 10.2. The second-order valence-electron chi connectivity index (χ2n) is 5.20. The molecule has 0 unspecified atom stereocenters. The summed E-state index contributed by atoms with van der Waals surface area (Å²) in [5.74, 6) is 2.51. The van der Waals surface area contributed by atoms with Crippen molar-refractivity contribution in [2.24, 2.45) is 5.92 Å². The number of hydrogen-bond acceptors (Lipinski definition) is 4. The zero-order chi connectivity index (χ0) is 12.0. The number of hydrogen-bond donors (Lipinski definition) is 1. The molecule has 0 radical (unpaired) electrons. The van der Waals surface area contributed by atoms with E-state index >= 15 is 0 Å². The molecule has 17 heavy (non-hydrogen) atoms.